The Hall–Kier alpha value is -1.99. The first kappa shape index (κ1) is 19.8. The molecule has 1 saturated heterocycles. The van der Waals surface area contributed by atoms with Crippen molar-refractivity contribution in [2.24, 2.45) is 5.92 Å². The zero-order chi connectivity index (χ0) is 19.3. The monoisotopic (exact) mass is 382 g/mol. The van der Waals surface area contributed by atoms with Gasteiger partial charge in [0, 0.05) is 24.2 Å². The minimum absolute atomic E-state index is 0.233. The molecule has 2 aliphatic rings. The molecule has 0 amide bonds. The average Bonchev–Trinajstić information content (AvgIpc) is 2.66. The zero-order valence-electron chi connectivity index (χ0n) is 15.3. The van der Waals surface area contributed by atoms with Gasteiger partial charge in [0.15, 0.2) is 0 Å². The number of piperidine rings is 1. The van der Waals surface area contributed by atoms with Gasteiger partial charge in [-0.25, -0.2) is 0 Å². The van der Waals surface area contributed by atoms with Crippen LogP contribution >= 0.6 is 0 Å². The molecular formula is C20H25F3N2O2. The summed E-state index contributed by atoms with van der Waals surface area (Å²) in [4.78, 5) is 0. The maximum Gasteiger partial charge on any atom is 0.573 e. The third-order valence-corrected chi connectivity index (χ3v) is 5.02. The lowest BCUT2D eigenvalue weighted by Crippen LogP contribution is -2.54. The van der Waals surface area contributed by atoms with Gasteiger partial charge in [-0.1, -0.05) is 24.3 Å². The quantitative estimate of drug-likeness (QED) is 0.782. The molecule has 1 aliphatic heterocycles. The Morgan fingerprint density at radius 3 is 2.81 bits per heavy atom. The Morgan fingerprint density at radius 2 is 2.11 bits per heavy atom. The maximum absolute atomic E-state index is 12.5. The first-order chi connectivity index (χ1) is 13.0. The Morgan fingerprint density at radius 1 is 1.26 bits per heavy atom. The van der Waals surface area contributed by atoms with E-state index in [4.69, 9.17) is 4.74 Å². The summed E-state index contributed by atoms with van der Waals surface area (Å²) in [5, 5.41) is 7.11. The largest absolute Gasteiger partial charge is 0.573 e. The molecule has 1 heterocycles. The zero-order valence-corrected chi connectivity index (χ0v) is 15.3. The maximum atomic E-state index is 12.5. The number of halogens is 3. The molecule has 0 bridgehead atoms. The summed E-state index contributed by atoms with van der Waals surface area (Å²) in [6.07, 6.45) is 6.88. The molecule has 148 valence electrons. The van der Waals surface area contributed by atoms with Gasteiger partial charge in [-0.3, -0.25) is 0 Å². The van der Waals surface area contributed by atoms with Crippen LogP contribution in [0, 0.1) is 5.92 Å². The van der Waals surface area contributed by atoms with Crippen molar-refractivity contribution in [3.63, 3.8) is 0 Å². The van der Waals surface area contributed by atoms with Crippen LogP contribution in [0.4, 0.5) is 13.2 Å². The second kappa shape index (κ2) is 8.80. The highest BCUT2D eigenvalue weighted by Gasteiger charge is 2.32. The number of hydrogen-bond donors (Lipinski definition) is 2. The molecule has 4 nitrogen and oxygen atoms in total. The third kappa shape index (κ3) is 5.49. The molecule has 0 aromatic heterocycles. The van der Waals surface area contributed by atoms with E-state index in [0.29, 0.717) is 29.8 Å². The minimum atomic E-state index is -4.71. The molecule has 0 spiro atoms. The van der Waals surface area contributed by atoms with E-state index in [-0.39, 0.29) is 11.8 Å². The fourth-order valence-corrected chi connectivity index (χ4v) is 3.79. The van der Waals surface area contributed by atoms with Gasteiger partial charge in [0.05, 0.1) is 7.11 Å². The predicted octanol–water partition coefficient (Wildman–Crippen LogP) is 3.94. The first-order valence-electron chi connectivity index (χ1n) is 9.19. The van der Waals surface area contributed by atoms with Crippen molar-refractivity contribution < 1.29 is 22.6 Å². The van der Waals surface area contributed by atoms with Crippen LogP contribution in [-0.4, -0.2) is 32.1 Å². The molecular weight excluding hydrogens is 357 g/mol. The van der Waals surface area contributed by atoms with E-state index in [1.165, 1.54) is 25.3 Å². The Balaban J connectivity index is 1.69. The van der Waals surface area contributed by atoms with Crippen molar-refractivity contribution in [3.8, 4) is 11.5 Å². The van der Waals surface area contributed by atoms with Crippen LogP contribution in [0.5, 0.6) is 11.5 Å². The van der Waals surface area contributed by atoms with Crippen molar-refractivity contribution in [2.75, 3.05) is 13.7 Å². The fourth-order valence-electron chi connectivity index (χ4n) is 3.79. The third-order valence-electron chi connectivity index (χ3n) is 5.02. The number of methoxy groups -OCH3 is 1. The molecule has 0 saturated carbocycles. The van der Waals surface area contributed by atoms with E-state index in [1.807, 2.05) is 0 Å². The minimum Gasteiger partial charge on any atom is -0.496 e. The van der Waals surface area contributed by atoms with Gasteiger partial charge in [0.1, 0.15) is 11.5 Å². The molecule has 3 rings (SSSR count). The summed E-state index contributed by atoms with van der Waals surface area (Å²) in [6, 6.07) is 4.68. The summed E-state index contributed by atoms with van der Waals surface area (Å²) >= 11 is 0. The van der Waals surface area contributed by atoms with Gasteiger partial charge in [-0.2, -0.15) is 0 Å². The summed E-state index contributed by atoms with van der Waals surface area (Å²) in [7, 11) is 1.51. The average molecular weight is 382 g/mol. The predicted molar refractivity (Wildman–Crippen MR) is 97.7 cm³/mol. The van der Waals surface area contributed by atoms with E-state index >= 15 is 0 Å². The number of rotatable bonds is 6. The standard InChI is InChI=1S/C20H25F3N2O2/c1-26-18-10-9-16(27-20(21,22)23)12-15(18)13-25-17-8-5-11-24-19(17)14-6-3-2-4-7-14/h2-4,6,9-10,12,14,17,19,24-25H,5,7-8,11,13H2,1H3/t14?,17-,19-/m0/s1. The van der Waals surface area contributed by atoms with E-state index in [9.17, 15) is 13.2 Å². The van der Waals surface area contributed by atoms with Crippen LogP contribution < -0.4 is 20.1 Å². The molecule has 3 atom stereocenters. The Labute approximate surface area is 157 Å². The Bertz CT molecular complexity index is 688. The van der Waals surface area contributed by atoms with Crippen LogP contribution in [0.15, 0.2) is 42.5 Å². The van der Waals surface area contributed by atoms with Crippen molar-refractivity contribution in [1.29, 1.82) is 0 Å². The number of benzene rings is 1. The van der Waals surface area contributed by atoms with Crippen molar-refractivity contribution in [3.05, 3.63) is 48.1 Å². The normalized spacial score (nSPS) is 25.4. The highest BCUT2D eigenvalue weighted by Crippen LogP contribution is 2.29. The van der Waals surface area contributed by atoms with Crippen LogP contribution in [0.1, 0.15) is 24.8 Å². The highest BCUT2D eigenvalue weighted by atomic mass is 19.4. The smallest absolute Gasteiger partial charge is 0.496 e. The number of allylic oxidation sites excluding steroid dienone is 3. The molecule has 27 heavy (non-hydrogen) atoms. The summed E-state index contributed by atoms with van der Waals surface area (Å²) in [6.45, 7) is 1.39. The van der Waals surface area contributed by atoms with Crippen LogP contribution in [0.25, 0.3) is 0 Å². The molecule has 1 fully saturated rings. The van der Waals surface area contributed by atoms with Crippen molar-refractivity contribution >= 4 is 0 Å². The highest BCUT2D eigenvalue weighted by molar-refractivity contribution is 5.40. The molecule has 0 radical (unpaired) electrons. The van der Waals surface area contributed by atoms with E-state index in [2.05, 4.69) is 39.7 Å². The Kier molecular flexibility index (Phi) is 6.44. The topological polar surface area (TPSA) is 42.5 Å². The van der Waals surface area contributed by atoms with E-state index in [0.717, 1.165) is 25.8 Å². The van der Waals surface area contributed by atoms with Gasteiger partial charge in [0.25, 0.3) is 0 Å². The number of nitrogens with one attached hydrogen (secondary N) is 2. The van der Waals surface area contributed by atoms with Gasteiger partial charge < -0.3 is 20.1 Å². The number of hydrogen-bond acceptors (Lipinski definition) is 4. The molecule has 1 aromatic rings. The van der Waals surface area contributed by atoms with E-state index < -0.39 is 6.36 Å². The lowest BCUT2D eigenvalue weighted by Gasteiger charge is -2.38. The number of ether oxygens (including phenoxy) is 2. The molecule has 1 unspecified atom stereocenters. The van der Waals surface area contributed by atoms with Gasteiger partial charge in [0.2, 0.25) is 0 Å². The fraction of sp³-hybridized carbons (Fsp3) is 0.500. The lowest BCUT2D eigenvalue weighted by atomic mass is 9.84. The summed E-state index contributed by atoms with van der Waals surface area (Å²) in [5.41, 5.74) is 0.641. The lowest BCUT2D eigenvalue weighted by molar-refractivity contribution is -0.274. The molecule has 7 heteroatoms. The van der Waals surface area contributed by atoms with Crippen LogP contribution in [0.2, 0.25) is 0 Å². The van der Waals surface area contributed by atoms with Crippen molar-refractivity contribution in [2.45, 2.75) is 44.3 Å². The van der Waals surface area contributed by atoms with Crippen LogP contribution in [0.3, 0.4) is 0 Å². The van der Waals surface area contributed by atoms with Crippen molar-refractivity contribution in [1.82, 2.24) is 10.6 Å². The van der Waals surface area contributed by atoms with Gasteiger partial charge in [-0.15, -0.1) is 13.2 Å². The molecule has 2 N–H and O–H groups in total. The van der Waals surface area contributed by atoms with Crippen LogP contribution in [-0.2, 0) is 6.54 Å². The SMILES string of the molecule is COc1ccc(OC(F)(F)F)cc1CN[C@H]1CCCN[C@H]1C1C=CC=CC1. The number of alkyl halides is 3. The summed E-state index contributed by atoms with van der Waals surface area (Å²) < 4.78 is 46.8. The second-order valence-corrected chi connectivity index (χ2v) is 6.84. The summed E-state index contributed by atoms with van der Waals surface area (Å²) in [5.74, 6) is 0.714. The second-order valence-electron chi connectivity index (χ2n) is 6.84. The molecule has 1 aromatic carbocycles. The van der Waals surface area contributed by atoms with E-state index in [1.54, 1.807) is 0 Å². The molecule has 1 aliphatic carbocycles. The first-order valence-corrected chi connectivity index (χ1v) is 9.19. The van der Waals surface area contributed by atoms with Gasteiger partial charge in [-0.05, 0) is 49.9 Å². The van der Waals surface area contributed by atoms with Gasteiger partial charge >= 0.3 is 6.36 Å².